The molecule has 34 heavy (non-hydrogen) atoms. The number of nitrogens with two attached hydrogens (primary N) is 1. The summed E-state index contributed by atoms with van der Waals surface area (Å²) in [5, 5.41) is 10.5. The molecule has 168 valence electrons. The van der Waals surface area contributed by atoms with E-state index in [0.29, 0.717) is 39.8 Å². The Labute approximate surface area is 200 Å². The second kappa shape index (κ2) is 7.54. The number of hydrogen-bond donors (Lipinski definition) is 1. The number of hydrogen-bond acceptors (Lipinski definition) is 7. The molecule has 2 aliphatic rings. The average Bonchev–Trinajstić information content (AvgIpc) is 3.49. The van der Waals surface area contributed by atoms with Crippen LogP contribution in [-0.2, 0) is 0 Å². The van der Waals surface area contributed by atoms with Gasteiger partial charge in [0.2, 0.25) is 0 Å². The molecule has 1 aliphatic heterocycles. The van der Waals surface area contributed by atoms with E-state index in [1.165, 1.54) is 6.33 Å². The van der Waals surface area contributed by atoms with Crippen molar-refractivity contribution >= 4 is 34.1 Å². The summed E-state index contributed by atoms with van der Waals surface area (Å²) in [6.07, 6.45) is 4.33. The number of nitriles is 1. The predicted octanol–water partition coefficient (Wildman–Crippen LogP) is 4.01. The monoisotopic (exact) mass is 469 g/mol. The molecule has 1 saturated heterocycles. The van der Waals surface area contributed by atoms with Crippen molar-refractivity contribution in [3.8, 4) is 11.8 Å². The van der Waals surface area contributed by atoms with E-state index in [1.54, 1.807) is 22.8 Å². The fourth-order valence-electron chi connectivity index (χ4n) is 5.02. The molecule has 0 unspecified atom stereocenters. The molecule has 0 amide bonds. The van der Waals surface area contributed by atoms with Gasteiger partial charge in [-0.3, -0.25) is 9.36 Å². The Bertz CT molecular complexity index is 1540. The van der Waals surface area contributed by atoms with Crippen LogP contribution in [0.2, 0.25) is 5.02 Å². The summed E-state index contributed by atoms with van der Waals surface area (Å²) in [5.74, 6) is 1.21. The second-order valence-corrected chi connectivity index (χ2v) is 9.40. The van der Waals surface area contributed by atoms with Gasteiger partial charge in [-0.1, -0.05) is 35.9 Å². The van der Waals surface area contributed by atoms with Gasteiger partial charge in [-0.25, -0.2) is 15.0 Å². The van der Waals surface area contributed by atoms with Crippen LogP contribution in [0.1, 0.15) is 36.7 Å². The number of para-hydroxylation sites is 1. The Morgan fingerprint density at radius 3 is 2.65 bits per heavy atom. The summed E-state index contributed by atoms with van der Waals surface area (Å²) < 4.78 is 1.64. The molecule has 0 bridgehead atoms. The molecule has 9 heteroatoms. The first-order valence-electron chi connectivity index (χ1n) is 11.1. The van der Waals surface area contributed by atoms with Crippen LogP contribution in [0.5, 0.6) is 0 Å². The van der Waals surface area contributed by atoms with Gasteiger partial charge in [-0.05, 0) is 48.9 Å². The quantitative estimate of drug-likeness (QED) is 0.482. The Kier molecular flexibility index (Phi) is 4.57. The Morgan fingerprint density at radius 2 is 1.91 bits per heavy atom. The highest BCUT2D eigenvalue weighted by molar-refractivity contribution is 6.35. The standard InChI is InChI=1S/C25H20ClN7O/c26-17-7-4-8-18-20(17)24(34)33(15-5-2-1-3-6-15)23(31-18)19-11-25(9-10-25)13-32(19)22-16(12-27)21(28)29-14-30-22/h1-8,14,19H,9-11,13H2,(H2,28,29,30)/t19-/m0/s1. The predicted molar refractivity (Wildman–Crippen MR) is 130 cm³/mol. The number of aromatic nitrogens is 4. The van der Waals surface area contributed by atoms with Crippen molar-refractivity contribution in [2.75, 3.05) is 17.2 Å². The number of rotatable bonds is 3. The van der Waals surface area contributed by atoms with Crippen molar-refractivity contribution in [2.45, 2.75) is 25.3 Å². The molecule has 2 aromatic heterocycles. The molecular weight excluding hydrogens is 450 g/mol. The summed E-state index contributed by atoms with van der Waals surface area (Å²) >= 11 is 6.44. The summed E-state index contributed by atoms with van der Waals surface area (Å²) in [7, 11) is 0. The van der Waals surface area contributed by atoms with Crippen molar-refractivity contribution in [1.82, 2.24) is 19.5 Å². The Balaban J connectivity index is 1.63. The van der Waals surface area contributed by atoms with Gasteiger partial charge in [0.05, 0.1) is 27.7 Å². The van der Waals surface area contributed by atoms with Gasteiger partial charge in [-0.2, -0.15) is 5.26 Å². The first-order valence-corrected chi connectivity index (χ1v) is 11.4. The third kappa shape index (κ3) is 3.12. The molecule has 1 atom stereocenters. The fourth-order valence-corrected chi connectivity index (χ4v) is 5.27. The van der Waals surface area contributed by atoms with Crippen LogP contribution in [-0.4, -0.2) is 26.1 Å². The van der Waals surface area contributed by atoms with Gasteiger partial charge in [0.1, 0.15) is 29.6 Å². The minimum Gasteiger partial charge on any atom is -0.382 e. The van der Waals surface area contributed by atoms with E-state index in [0.717, 1.165) is 19.3 Å². The molecule has 4 aromatic rings. The van der Waals surface area contributed by atoms with Gasteiger partial charge in [0.25, 0.3) is 5.56 Å². The van der Waals surface area contributed by atoms with Gasteiger partial charge < -0.3 is 10.6 Å². The molecule has 1 spiro atoms. The SMILES string of the molecule is N#Cc1c(N)ncnc1N1CC2(CC2)C[C@H]1c1nc2cccc(Cl)c2c(=O)n1-c1ccccc1. The minimum absolute atomic E-state index is 0.111. The smallest absolute Gasteiger partial charge is 0.267 e. The van der Waals surface area contributed by atoms with Crippen molar-refractivity contribution in [3.63, 3.8) is 0 Å². The summed E-state index contributed by atoms with van der Waals surface area (Å²) in [6, 6.07) is 16.6. The second-order valence-electron chi connectivity index (χ2n) is 9.00. The van der Waals surface area contributed by atoms with Crippen LogP contribution >= 0.6 is 11.6 Å². The lowest BCUT2D eigenvalue weighted by Crippen LogP contribution is -2.32. The van der Waals surface area contributed by atoms with Crippen LogP contribution in [0.25, 0.3) is 16.6 Å². The largest absolute Gasteiger partial charge is 0.382 e. The molecule has 1 aliphatic carbocycles. The van der Waals surface area contributed by atoms with Crippen LogP contribution in [0.15, 0.2) is 59.7 Å². The van der Waals surface area contributed by atoms with Crippen molar-refractivity contribution in [1.29, 1.82) is 5.26 Å². The van der Waals surface area contributed by atoms with Crippen LogP contribution < -0.4 is 16.2 Å². The van der Waals surface area contributed by atoms with Gasteiger partial charge >= 0.3 is 0 Å². The number of nitrogens with zero attached hydrogens (tertiary/aromatic N) is 6. The number of anilines is 2. The van der Waals surface area contributed by atoms with Gasteiger partial charge in [-0.15, -0.1) is 0 Å². The zero-order valence-electron chi connectivity index (χ0n) is 18.1. The summed E-state index contributed by atoms with van der Waals surface area (Å²) in [4.78, 5) is 29.3. The van der Waals surface area contributed by atoms with Crippen LogP contribution in [0.3, 0.4) is 0 Å². The maximum atomic E-state index is 13.8. The highest BCUT2D eigenvalue weighted by atomic mass is 35.5. The molecule has 1 saturated carbocycles. The van der Waals surface area contributed by atoms with Gasteiger partial charge in [0.15, 0.2) is 5.82 Å². The van der Waals surface area contributed by atoms with E-state index in [-0.39, 0.29) is 28.4 Å². The molecule has 8 nitrogen and oxygen atoms in total. The fraction of sp³-hybridized carbons (Fsp3) is 0.240. The molecule has 2 fully saturated rings. The summed E-state index contributed by atoms with van der Waals surface area (Å²) in [6.45, 7) is 0.709. The van der Waals surface area contributed by atoms with Gasteiger partial charge in [0, 0.05) is 6.54 Å². The van der Waals surface area contributed by atoms with E-state index >= 15 is 0 Å². The van der Waals surface area contributed by atoms with Crippen LogP contribution in [0, 0.1) is 16.7 Å². The number of nitrogen functional groups attached to an aromatic ring is 1. The molecule has 3 heterocycles. The van der Waals surface area contributed by atoms with E-state index in [2.05, 4.69) is 20.9 Å². The lowest BCUT2D eigenvalue weighted by atomic mass is 10.0. The third-order valence-corrected chi connectivity index (χ3v) is 7.21. The molecule has 2 N–H and O–H groups in total. The first kappa shape index (κ1) is 20.6. The lowest BCUT2D eigenvalue weighted by molar-refractivity contribution is 0.536. The number of benzene rings is 2. The molecule has 2 aromatic carbocycles. The first-order chi connectivity index (χ1) is 16.5. The lowest BCUT2D eigenvalue weighted by Gasteiger charge is -2.28. The third-order valence-electron chi connectivity index (χ3n) is 6.89. The Hall–Kier alpha value is -3.96. The van der Waals surface area contributed by atoms with Crippen molar-refractivity contribution < 1.29 is 0 Å². The normalized spacial score (nSPS) is 18.4. The number of fused-ring (bicyclic) bond motifs is 1. The minimum atomic E-state index is -0.278. The molecule has 0 radical (unpaired) electrons. The van der Waals surface area contributed by atoms with E-state index < -0.39 is 0 Å². The maximum Gasteiger partial charge on any atom is 0.267 e. The Morgan fingerprint density at radius 1 is 1.12 bits per heavy atom. The van der Waals surface area contributed by atoms with Crippen molar-refractivity contribution in [2.24, 2.45) is 5.41 Å². The van der Waals surface area contributed by atoms with Crippen molar-refractivity contribution in [3.05, 3.63) is 81.6 Å². The molecule has 6 rings (SSSR count). The molecular formula is C25H20ClN7O. The highest BCUT2D eigenvalue weighted by Crippen LogP contribution is 2.59. The van der Waals surface area contributed by atoms with E-state index in [9.17, 15) is 10.1 Å². The maximum absolute atomic E-state index is 13.8. The zero-order valence-corrected chi connectivity index (χ0v) is 18.9. The van der Waals surface area contributed by atoms with E-state index in [1.807, 2.05) is 30.3 Å². The summed E-state index contributed by atoms with van der Waals surface area (Å²) in [5.41, 5.74) is 7.39. The topological polar surface area (TPSA) is 114 Å². The average molecular weight is 470 g/mol. The number of halogens is 1. The zero-order chi connectivity index (χ0) is 23.4. The van der Waals surface area contributed by atoms with E-state index in [4.69, 9.17) is 22.3 Å². The van der Waals surface area contributed by atoms with Crippen LogP contribution in [0.4, 0.5) is 11.6 Å². The highest BCUT2D eigenvalue weighted by Gasteiger charge is 2.54.